The van der Waals surface area contributed by atoms with Crippen molar-refractivity contribution in [2.45, 2.75) is 18.0 Å². The molecule has 0 bridgehead atoms. The molecule has 2 amide bonds. The van der Waals surface area contributed by atoms with Crippen LogP contribution in [0.1, 0.15) is 17.0 Å². The predicted molar refractivity (Wildman–Crippen MR) is 97.0 cm³/mol. The average Bonchev–Trinajstić information content (AvgIpc) is 2.61. The van der Waals surface area contributed by atoms with Crippen LogP contribution in [-0.4, -0.2) is 35.9 Å². The fourth-order valence-electron chi connectivity index (χ4n) is 3.06. The number of amides is 2. The minimum absolute atomic E-state index is 0.120. The van der Waals surface area contributed by atoms with E-state index in [1.165, 1.54) is 0 Å². The second kappa shape index (κ2) is 7.53. The summed E-state index contributed by atoms with van der Waals surface area (Å²) >= 11 is 1.54. The predicted octanol–water partition coefficient (Wildman–Crippen LogP) is 2.16. The zero-order valence-corrected chi connectivity index (χ0v) is 14.3. The first-order valence-corrected chi connectivity index (χ1v) is 9.29. The van der Waals surface area contributed by atoms with Gasteiger partial charge in [0.1, 0.15) is 12.1 Å². The Hall–Kier alpha value is -2.27. The summed E-state index contributed by atoms with van der Waals surface area (Å²) in [6, 6.07) is 18.6. The minimum Gasteiger partial charge on any atom is -0.342 e. The van der Waals surface area contributed by atoms with Crippen LogP contribution in [0.4, 0.5) is 0 Å². The van der Waals surface area contributed by atoms with E-state index in [4.69, 9.17) is 0 Å². The van der Waals surface area contributed by atoms with Crippen LogP contribution in [0.25, 0.3) is 0 Å². The molecule has 0 aromatic heterocycles. The number of piperazine rings is 1. The SMILES string of the molecule is CSC[C@H]1NC(=O)C(C(c2ccccc2)c2ccccc2)NC1=O. The number of rotatable bonds is 5. The van der Waals surface area contributed by atoms with Gasteiger partial charge in [-0.25, -0.2) is 0 Å². The average molecular weight is 340 g/mol. The summed E-state index contributed by atoms with van der Waals surface area (Å²) in [5, 5.41) is 5.80. The second-order valence-corrected chi connectivity index (χ2v) is 6.71. The standard InChI is InChI=1S/C19H20N2O2S/c1-24-12-15-18(22)21-17(19(23)20-15)16(13-8-4-2-5-9-13)14-10-6-3-7-11-14/h2-11,15-17H,12H2,1H3,(H,20,23)(H,21,22)/t15-,17?/m1/s1. The Kier molecular flexibility index (Phi) is 5.20. The van der Waals surface area contributed by atoms with E-state index in [-0.39, 0.29) is 17.7 Å². The fourth-order valence-corrected chi connectivity index (χ4v) is 3.63. The fraction of sp³-hybridized carbons (Fsp3) is 0.263. The van der Waals surface area contributed by atoms with Crippen LogP contribution in [0.15, 0.2) is 60.7 Å². The second-order valence-electron chi connectivity index (χ2n) is 5.80. The number of benzene rings is 2. The molecule has 2 N–H and O–H groups in total. The highest BCUT2D eigenvalue weighted by molar-refractivity contribution is 7.98. The lowest BCUT2D eigenvalue weighted by Gasteiger charge is -2.34. The third kappa shape index (κ3) is 3.46. The zero-order valence-electron chi connectivity index (χ0n) is 13.4. The molecule has 24 heavy (non-hydrogen) atoms. The number of thioether (sulfide) groups is 1. The molecule has 1 aliphatic heterocycles. The van der Waals surface area contributed by atoms with Crippen molar-refractivity contribution >= 4 is 23.6 Å². The number of carbonyl (C=O) groups excluding carboxylic acids is 2. The highest BCUT2D eigenvalue weighted by Crippen LogP contribution is 2.29. The molecular formula is C19H20N2O2S. The normalized spacial score (nSPS) is 20.6. The van der Waals surface area contributed by atoms with Gasteiger partial charge in [0.05, 0.1) is 0 Å². The number of carbonyl (C=O) groups is 2. The van der Waals surface area contributed by atoms with Crippen LogP contribution in [0.5, 0.6) is 0 Å². The van der Waals surface area contributed by atoms with Gasteiger partial charge >= 0.3 is 0 Å². The van der Waals surface area contributed by atoms with Gasteiger partial charge in [0.2, 0.25) is 11.8 Å². The molecule has 3 rings (SSSR count). The summed E-state index contributed by atoms with van der Waals surface area (Å²) in [4.78, 5) is 25.0. The first-order chi connectivity index (χ1) is 11.7. The van der Waals surface area contributed by atoms with Gasteiger partial charge in [-0.1, -0.05) is 60.7 Å². The van der Waals surface area contributed by atoms with Gasteiger partial charge in [0.25, 0.3) is 0 Å². The van der Waals surface area contributed by atoms with Gasteiger partial charge in [-0.15, -0.1) is 0 Å². The molecule has 4 nitrogen and oxygen atoms in total. The molecule has 0 spiro atoms. The molecule has 124 valence electrons. The summed E-state index contributed by atoms with van der Waals surface area (Å²) in [5.74, 6) is 0.106. The molecule has 1 aliphatic rings. The van der Waals surface area contributed by atoms with Gasteiger partial charge in [0, 0.05) is 11.7 Å². The number of nitrogens with one attached hydrogen (secondary N) is 2. The maximum atomic E-state index is 12.7. The molecule has 0 radical (unpaired) electrons. The van der Waals surface area contributed by atoms with Crippen molar-refractivity contribution < 1.29 is 9.59 Å². The highest BCUT2D eigenvalue weighted by Gasteiger charge is 2.39. The molecule has 2 atom stereocenters. The van der Waals surface area contributed by atoms with E-state index < -0.39 is 12.1 Å². The van der Waals surface area contributed by atoms with Crippen molar-refractivity contribution in [3.05, 3.63) is 71.8 Å². The third-order valence-electron chi connectivity index (χ3n) is 4.20. The molecule has 5 heteroatoms. The molecule has 1 fully saturated rings. The van der Waals surface area contributed by atoms with Crippen LogP contribution < -0.4 is 10.6 Å². The van der Waals surface area contributed by atoms with Crippen molar-refractivity contribution in [1.82, 2.24) is 10.6 Å². The Morgan fingerprint density at radius 1 is 0.875 bits per heavy atom. The molecule has 2 aromatic rings. The smallest absolute Gasteiger partial charge is 0.244 e. The van der Waals surface area contributed by atoms with E-state index in [0.717, 1.165) is 11.1 Å². The lowest BCUT2D eigenvalue weighted by molar-refractivity contribution is -0.136. The minimum atomic E-state index is -0.611. The Morgan fingerprint density at radius 2 is 1.42 bits per heavy atom. The molecule has 0 saturated carbocycles. The van der Waals surface area contributed by atoms with Crippen LogP contribution in [0, 0.1) is 0 Å². The van der Waals surface area contributed by atoms with Gasteiger partial charge < -0.3 is 10.6 Å². The van der Waals surface area contributed by atoms with E-state index in [1.54, 1.807) is 11.8 Å². The lowest BCUT2D eigenvalue weighted by atomic mass is 9.83. The van der Waals surface area contributed by atoms with E-state index in [9.17, 15) is 9.59 Å². The highest BCUT2D eigenvalue weighted by atomic mass is 32.2. The van der Waals surface area contributed by atoms with Crippen LogP contribution in [-0.2, 0) is 9.59 Å². The maximum Gasteiger partial charge on any atom is 0.244 e. The summed E-state index contributed by atoms with van der Waals surface area (Å²) in [6.07, 6.45) is 1.92. The monoisotopic (exact) mass is 340 g/mol. The van der Waals surface area contributed by atoms with Crippen molar-refractivity contribution in [3.63, 3.8) is 0 Å². The lowest BCUT2D eigenvalue weighted by Crippen LogP contribution is -2.64. The topological polar surface area (TPSA) is 58.2 Å². The largest absolute Gasteiger partial charge is 0.342 e. The number of hydrogen-bond acceptors (Lipinski definition) is 3. The van der Waals surface area contributed by atoms with Crippen molar-refractivity contribution in [1.29, 1.82) is 0 Å². The summed E-state index contributed by atoms with van der Waals surface area (Å²) in [7, 11) is 0. The molecule has 1 heterocycles. The van der Waals surface area contributed by atoms with Crippen molar-refractivity contribution in [3.8, 4) is 0 Å². The molecule has 1 saturated heterocycles. The van der Waals surface area contributed by atoms with Crippen LogP contribution in [0.3, 0.4) is 0 Å². The molecule has 2 aromatic carbocycles. The zero-order chi connectivity index (χ0) is 16.9. The molecule has 0 aliphatic carbocycles. The Bertz CT molecular complexity index is 666. The first kappa shape index (κ1) is 16.6. The van der Waals surface area contributed by atoms with Gasteiger partial charge in [-0.05, 0) is 17.4 Å². The maximum absolute atomic E-state index is 12.7. The Balaban J connectivity index is 1.95. The van der Waals surface area contributed by atoms with Crippen LogP contribution in [0.2, 0.25) is 0 Å². The summed E-state index contributed by atoms with van der Waals surface area (Å²) in [5.41, 5.74) is 2.01. The summed E-state index contributed by atoms with van der Waals surface area (Å²) in [6.45, 7) is 0. The Morgan fingerprint density at radius 3 is 1.92 bits per heavy atom. The quantitative estimate of drug-likeness (QED) is 0.877. The Labute approximate surface area is 146 Å². The van der Waals surface area contributed by atoms with Crippen molar-refractivity contribution in [2.24, 2.45) is 0 Å². The van der Waals surface area contributed by atoms with E-state index in [0.29, 0.717) is 5.75 Å². The molecule has 1 unspecified atom stereocenters. The van der Waals surface area contributed by atoms with Crippen LogP contribution >= 0.6 is 11.8 Å². The molecular weight excluding hydrogens is 320 g/mol. The van der Waals surface area contributed by atoms with Crippen molar-refractivity contribution in [2.75, 3.05) is 12.0 Å². The van der Waals surface area contributed by atoms with E-state index >= 15 is 0 Å². The third-order valence-corrected chi connectivity index (χ3v) is 4.86. The van der Waals surface area contributed by atoms with Gasteiger partial charge in [-0.2, -0.15) is 11.8 Å². The van der Waals surface area contributed by atoms with E-state index in [1.807, 2.05) is 66.9 Å². The van der Waals surface area contributed by atoms with Gasteiger partial charge in [-0.3, -0.25) is 9.59 Å². The summed E-state index contributed by atoms with van der Waals surface area (Å²) < 4.78 is 0. The van der Waals surface area contributed by atoms with E-state index in [2.05, 4.69) is 10.6 Å². The number of hydrogen-bond donors (Lipinski definition) is 2. The first-order valence-electron chi connectivity index (χ1n) is 7.90. The van der Waals surface area contributed by atoms with Gasteiger partial charge in [0.15, 0.2) is 0 Å².